The first kappa shape index (κ1) is 17.7. The minimum Gasteiger partial charge on any atom is -0.391 e. The lowest BCUT2D eigenvalue weighted by Gasteiger charge is -2.34. The third-order valence-corrected chi connectivity index (χ3v) is 4.19. The molecule has 7 heteroatoms. The molecule has 1 aliphatic rings. The summed E-state index contributed by atoms with van der Waals surface area (Å²) in [7, 11) is 1.59. The lowest BCUT2D eigenvalue weighted by Crippen LogP contribution is -2.43. The van der Waals surface area contributed by atoms with Crippen LogP contribution in [-0.4, -0.2) is 55.5 Å². The van der Waals surface area contributed by atoms with Gasteiger partial charge in [0.1, 0.15) is 0 Å². The molecule has 0 amide bonds. The Bertz CT molecular complexity index is 487. The van der Waals surface area contributed by atoms with Crippen LogP contribution < -0.4 is 10.2 Å². The van der Waals surface area contributed by atoms with Crippen molar-refractivity contribution in [2.24, 2.45) is 0 Å². The fourth-order valence-corrected chi connectivity index (χ4v) is 2.86. The molecule has 0 spiro atoms. The zero-order valence-electron chi connectivity index (χ0n) is 13.5. The van der Waals surface area contributed by atoms with E-state index in [-0.39, 0.29) is 10.6 Å². The van der Waals surface area contributed by atoms with Crippen LogP contribution in [0.15, 0.2) is 24.3 Å². The third-order valence-electron chi connectivity index (χ3n) is 4.19. The van der Waals surface area contributed by atoms with Gasteiger partial charge in [-0.1, -0.05) is 0 Å². The molecule has 1 unspecified atom stereocenters. The number of nitrogens with zero attached hydrogens (tertiary/aromatic N) is 2. The highest BCUT2D eigenvalue weighted by atomic mass is 16.6. The van der Waals surface area contributed by atoms with Crippen molar-refractivity contribution in [3.63, 3.8) is 0 Å². The molecule has 0 saturated carbocycles. The maximum Gasteiger partial charge on any atom is 0.269 e. The number of benzene rings is 1. The summed E-state index contributed by atoms with van der Waals surface area (Å²) >= 11 is 0. The van der Waals surface area contributed by atoms with Gasteiger partial charge in [0, 0.05) is 44.1 Å². The number of nitro benzene ring substituents is 1. The van der Waals surface area contributed by atoms with Crippen LogP contribution in [0.3, 0.4) is 0 Å². The van der Waals surface area contributed by atoms with Crippen molar-refractivity contribution in [3.8, 4) is 0 Å². The monoisotopic (exact) mass is 323 g/mol. The first-order valence-electron chi connectivity index (χ1n) is 8.00. The second kappa shape index (κ2) is 8.81. The summed E-state index contributed by atoms with van der Waals surface area (Å²) in [5.74, 6) is 0. The Morgan fingerprint density at radius 1 is 1.39 bits per heavy atom. The Labute approximate surface area is 136 Å². The topological polar surface area (TPSA) is 87.9 Å². The average molecular weight is 323 g/mol. The Morgan fingerprint density at radius 3 is 2.61 bits per heavy atom. The molecule has 128 valence electrons. The molecule has 1 saturated heterocycles. The Kier molecular flexibility index (Phi) is 6.76. The van der Waals surface area contributed by atoms with Crippen molar-refractivity contribution < 1.29 is 14.8 Å². The number of rotatable bonds is 8. The van der Waals surface area contributed by atoms with Crippen molar-refractivity contribution in [2.75, 3.05) is 38.3 Å². The maximum absolute atomic E-state index is 10.7. The number of piperidine rings is 1. The summed E-state index contributed by atoms with van der Waals surface area (Å²) in [6.45, 7) is 3.01. The molecule has 1 aliphatic heterocycles. The molecule has 1 aromatic rings. The summed E-state index contributed by atoms with van der Waals surface area (Å²) in [6, 6.07) is 7.19. The van der Waals surface area contributed by atoms with Gasteiger partial charge in [0.25, 0.3) is 5.69 Å². The van der Waals surface area contributed by atoms with Gasteiger partial charge in [-0.05, 0) is 37.9 Å². The van der Waals surface area contributed by atoms with Gasteiger partial charge in [-0.3, -0.25) is 10.1 Å². The van der Waals surface area contributed by atoms with E-state index in [1.807, 2.05) is 12.1 Å². The van der Waals surface area contributed by atoms with E-state index in [0.29, 0.717) is 19.1 Å². The number of hydrogen-bond donors (Lipinski definition) is 2. The zero-order chi connectivity index (χ0) is 16.7. The summed E-state index contributed by atoms with van der Waals surface area (Å²) in [5.41, 5.74) is 1.16. The fourth-order valence-electron chi connectivity index (χ4n) is 2.86. The molecule has 0 bridgehead atoms. The van der Waals surface area contributed by atoms with Gasteiger partial charge in [-0.2, -0.15) is 0 Å². The van der Waals surface area contributed by atoms with Crippen LogP contribution in [0.25, 0.3) is 0 Å². The van der Waals surface area contributed by atoms with Crippen LogP contribution in [0.5, 0.6) is 0 Å². The Morgan fingerprint density at radius 2 is 2.04 bits per heavy atom. The lowest BCUT2D eigenvalue weighted by atomic mass is 10.0. The second-order valence-corrected chi connectivity index (χ2v) is 5.89. The van der Waals surface area contributed by atoms with E-state index >= 15 is 0 Å². The van der Waals surface area contributed by atoms with E-state index in [1.54, 1.807) is 19.2 Å². The Balaban J connectivity index is 1.72. The van der Waals surface area contributed by atoms with Crippen LogP contribution in [-0.2, 0) is 4.74 Å². The number of nitrogens with one attached hydrogen (secondary N) is 1. The number of aliphatic hydroxyl groups is 1. The molecular formula is C16H25N3O4. The molecule has 0 radical (unpaired) electrons. The van der Waals surface area contributed by atoms with Gasteiger partial charge in [0.2, 0.25) is 0 Å². The van der Waals surface area contributed by atoms with Crippen LogP contribution in [0.4, 0.5) is 11.4 Å². The molecule has 23 heavy (non-hydrogen) atoms. The average Bonchev–Trinajstić information content (AvgIpc) is 2.56. The first-order valence-corrected chi connectivity index (χ1v) is 8.00. The van der Waals surface area contributed by atoms with Crippen LogP contribution >= 0.6 is 0 Å². The highest BCUT2D eigenvalue weighted by Gasteiger charge is 2.19. The van der Waals surface area contributed by atoms with Gasteiger partial charge in [0.05, 0.1) is 17.6 Å². The molecule has 7 nitrogen and oxygen atoms in total. The molecule has 2 rings (SSSR count). The maximum atomic E-state index is 10.7. The summed E-state index contributed by atoms with van der Waals surface area (Å²) in [5, 5.41) is 23.8. The molecule has 2 N–H and O–H groups in total. The molecular weight excluding hydrogens is 298 g/mol. The van der Waals surface area contributed by atoms with Crippen LogP contribution in [0.2, 0.25) is 0 Å². The van der Waals surface area contributed by atoms with E-state index in [9.17, 15) is 15.2 Å². The standard InChI is InChI=1S/C16H25N3O4/c1-23-12-16(20)6-9-17-13-7-10-18(11-8-13)14-2-4-15(5-3-14)19(21)22/h2-5,13,16-17,20H,6-12H2,1H3. The third kappa shape index (κ3) is 5.46. The SMILES string of the molecule is COCC(O)CCNC1CCN(c2ccc([N+](=O)[O-])cc2)CC1. The number of ether oxygens (including phenoxy) is 1. The number of nitro groups is 1. The summed E-state index contributed by atoms with van der Waals surface area (Å²) in [6.07, 6.45) is 2.33. The van der Waals surface area contributed by atoms with Crippen LogP contribution in [0, 0.1) is 10.1 Å². The van der Waals surface area contributed by atoms with Gasteiger partial charge in [-0.15, -0.1) is 0 Å². The van der Waals surface area contributed by atoms with E-state index < -0.39 is 6.10 Å². The van der Waals surface area contributed by atoms with E-state index in [0.717, 1.165) is 38.2 Å². The second-order valence-electron chi connectivity index (χ2n) is 5.89. The summed E-state index contributed by atoms with van der Waals surface area (Å²) in [4.78, 5) is 12.6. The zero-order valence-corrected chi connectivity index (χ0v) is 13.5. The quantitative estimate of drug-likeness (QED) is 0.557. The van der Waals surface area contributed by atoms with E-state index in [4.69, 9.17) is 4.74 Å². The molecule has 0 aromatic heterocycles. The van der Waals surface area contributed by atoms with E-state index in [1.165, 1.54) is 0 Å². The molecule has 1 heterocycles. The summed E-state index contributed by atoms with van der Waals surface area (Å²) < 4.78 is 4.91. The van der Waals surface area contributed by atoms with Crippen molar-refractivity contribution in [3.05, 3.63) is 34.4 Å². The fraction of sp³-hybridized carbons (Fsp3) is 0.625. The largest absolute Gasteiger partial charge is 0.391 e. The number of anilines is 1. The number of non-ortho nitro benzene ring substituents is 1. The predicted molar refractivity (Wildman–Crippen MR) is 88.8 cm³/mol. The molecule has 0 aliphatic carbocycles. The molecule has 1 fully saturated rings. The van der Waals surface area contributed by atoms with Gasteiger partial charge in [-0.25, -0.2) is 0 Å². The number of hydrogen-bond acceptors (Lipinski definition) is 6. The van der Waals surface area contributed by atoms with Crippen molar-refractivity contribution in [2.45, 2.75) is 31.4 Å². The highest BCUT2D eigenvalue weighted by Crippen LogP contribution is 2.22. The molecule has 1 aromatic carbocycles. The van der Waals surface area contributed by atoms with Crippen molar-refractivity contribution in [1.82, 2.24) is 5.32 Å². The Hall–Kier alpha value is -1.70. The highest BCUT2D eigenvalue weighted by molar-refractivity contribution is 5.51. The van der Waals surface area contributed by atoms with Gasteiger partial charge >= 0.3 is 0 Å². The molecule has 1 atom stereocenters. The van der Waals surface area contributed by atoms with Crippen molar-refractivity contribution in [1.29, 1.82) is 0 Å². The van der Waals surface area contributed by atoms with E-state index in [2.05, 4.69) is 10.2 Å². The lowest BCUT2D eigenvalue weighted by molar-refractivity contribution is -0.384. The predicted octanol–water partition coefficient (Wildman–Crippen LogP) is 1.55. The van der Waals surface area contributed by atoms with Crippen LogP contribution in [0.1, 0.15) is 19.3 Å². The minimum absolute atomic E-state index is 0.125. The van der Waals surface area contributed by atoms with Gasteiger partial charge < -0.3 is 20.1 Å². The number of aliphatic hydroxyl groups excluding tert-OH is 1. The normalized spacial score (nSPS) is 17.2. The number of methoxy groups -OCH3 is 1. The van der Waals surface area contributed by atoms with Crippen molar-refractivity contribution >= 4 is 11.4 Å². The minimum atomic E-state index is -0.410. The van der Waals surface area contributed by atoms with Gasteiger partial charge in [0.15, 0.2) is 0 Å². The first-order chi connectivity index (χ1) is 11.1. The smallest absolute Gasteiger partial charge is 0.269 e.